The Morgan fingerprint density at radius 3 is 2.64 bits per heavy atom. The summed E-state index contributed by atoms with van der Waals surface area (Å²) in [5.74, 6) is -1.64. The third-order valence-electron chi connectivity index (χ3n) is 4.88. The van der Waals surface area contributed by atoms with Gasteiger partial charge in [0.15, 0.2) is 0 Å². The number of aliphatic carboxylic acids is 1. The number of carbonyl (C=O) groups is 2. The predicted octanol–water partition coefficient (Wildman–Crippen LogP) is 4.43. The van der Waals surface area contributed by atoms with Crippen molar-refractivity contribution in [3.63, 3.8) is 0 Å². The lowest BCUT2D eigenvalue weighted by molar-refractivity contribution is -0.143. The molecule has 1 saturated heterocycles. The van der Waals surface area contributed by atoms with E-state index in [4.69, 9.17) is 5.11 Å². The number of nitrogens with one attached hydrogen (secondary N) is 1. The van der Waals surface area contributed by atoms with Gasteiger partial charge in [-0.25, -0.2) is 14.2 Å². The highest BCUT2D eigenvalue weighted by atomic mass is 32.1. The number of para-hydroxylation sites is 1. The predicted molar refractivity (Wildman–Crippen MR) is 106 cm³/mol. The molecule has 3 aromatic rings. The van der Waals surface area contributed by atoms with Gasteiger partial charge in [-0.2, -0.15) is 0 Å². The Morgan fingerprint density at radius 1 is 1.18 bits per heavy atom. The second-order valence-electron chi connectivity index (χ2n) is 6.71. The Bertz CT molecular complexity index is 1010. The van der Waals surface area contributed by atoms with Gasteiger partial charge in [0, 0.05) is 18.7 Å². The number of nitrogens with zero attached hydrogens (tertiary/aromatic N) is 2. The average molecular weight is 399 g/mol. The maximum atomic E-state index is 13.9. The minimum absolute atomic E-state index is 0.321. The Morgan fingerprint density at radius 2 is 1.93 bits per heavy atom. The van der Waals surface area contributed by atoms with Crippen LogP contribution in [0.15, 0.2) is 42.5 Å². The quantitative estimate of drug-likeness (QED) is 0.683. The van der Waals surface area contributed by atoms with Gasteiger partial charge in [0.05, 0.1) is 21.8 Å². The van der Waals surface area contributed by atoms with Crippen LogP contribution in [0, 0.1) is 11.7 Å². The third kappa shape index (κ3) is 3.68. The number of piperidine rings is 1. The van der Waals surface area contributed by atoms with Gasteiger partial charge in [0.25, 0.3) is 0 Å². The van der Waals surface area contributed by atoms with Gasteiger partial charge in [0.2, 0.25) is 0 Å². The average Bonchev–Trinajstić information content (AvgIpc) is 3.13. The third-order valence-corrected chi connectivity index (χ3v) is 5.95. The molecule has 2 heterocycles. The number of carboxylic acids is 1. The molecule has 2 N–H and O–H groups in total. The number of likely N-dealkylation sites (tertiary alicyclic amines) is 1. The lowest BCUT2D eigenvalue weighted by Gasteiger charge is -2.30. The lowest BCUT2D eigenvalue weighted by Crippen LogP contribution is -2.42. The summed E-state index contributed by atoms with van der Waals surface area (Å²) >= 11 is 1.43. The first kappa shape index (κ1) is 18.4. The van der Waals surface area contributed by atoms with E-state index in [2.05, 4.69) is 10.3 Å². The van der Waals surface area contributed by atoms with Crippen LogP contribution in [0.4, 0.5) is 14.9 Å². The molecule has 0 saturated carbocycles. The molecule has 2 aromatic carbocycles. The molecular formula is C20H18FN3O3S. The van der Waals surface area contributed by atoms with Crippen molar-refractivity contribution in [2.75, 3.05) is 18.4 Å². The number of anilines is 1. The van der Waals surface area contributed by atoms with Crippen molar-refractivity contribution >= 4 is 39.2 Å². The SMILES string of the molecule is O=C(O)C1CCN(C(=O)Nc2ccc(F)cc2-c2nc3ccccc3s2)CC1. The normalized spacial score (nSPS) is 15.0. The largest absolute Gasteiger partial charge is 0.481 e. The van der Waals surface area contributed by atoms with E-state index in [0.717, 1.165) is 10.2 Å². The molecular weight excluding hydrogens is 381 g/mol. The summed E-state index contributed by atoms with van der Waals surface area (Å²) in [5.41, 5.74) is 1.82. The summed E-state index contributed by atoms with van der Waals surface area (Å²) in [7, 11) is 0. The number of halogens is 1. The molecule has 0 unspecified atom stereocenters. The molecule has 144 valence electrons. The first-order chi connectivity index (χ1) is 13.5. The minimum Gasteiger partial charge on any atom is -0.481 e. The number of urea groups is 1. The topological polar surface area (TPSA) is 82.5 Å². The van der Waals surface area contributed by atoms with Crippen LogP contribution in [-0.4, -0.2) is 40.1 Å². The van der Waals surface area contributed by atoms with E-state index in [-0.39, 0.29) is 6.03 Å². The molecule has 4 rings (SSSR count). The number of carboxylic acid groups (broad SMARTS) is 1. The maximum Gasteiger partial charge on any atom is 0.321 e. The van der Waals surface area contributed by atoms with Crippen LogP contribution in [0.3, 0.4) is 0 Å². The molecule has 1 aromatic heterocycles. The number of hydrogen-bond acceptors (Lipinski definition) is 4. The van der Waals surface area contributed by atoms with Crippen molar-refractivity contribution in [1.29, 1.82) is 0 Å². The summed E-state index contributed by atoms with van der Waals surface area (Å²) in [6.07, 6.45) is 0.855. The second-order valence-corrected chi connectivity index (χ2v) is 7.74. The van der Waals surface area contributed by atoms with Crippen LogP contribution in [0.25, 0.3) is 20.8 Å². The molecule has 0 radical (unpaired) electrons. The van der Waals surface area contributed by atoms with Crippen molar-refractivity contribution in [3.8, 4) is 10.6 Å². The summed E-state index contributed by atoms with van der Waals surface area (Å²) in [5, 5.41) is 12.5. The fraction of sp³-hybridized carbons (Fsp3) is 0.250. The zero-order valence-corrected chi connectivity index (χ0v) is 15.7. The van der Waals surface area contributed by atoms with E-state index >= 15 is 0 Å². The van der Waals surface area contributed by atoms with Gasteiger partial charge >= 0.3 is 12.0 Å². The molecule has 6 nitrogen and oxygen atoms in total. The number of thiazole rings is 1. The standard InChI is InChI=1S/C20H18FN3O3S/c21-13-5-6-15(23-20(27)24-9-7-12(8-10-24)19(25)26)14(11-13)18-22-16-3-1-2-4-17(16)28-18/h1-6,11-12H,7-10H2,(H,23,27)(H,25,26). The van der Waals surface area contributed by atoms with Crippen LogP contribution in [0.5, 0.6) is 0 Å². The Kier molecular flexibility index (Phi) is 4.95. The number of aromatic nitrogens is 1. The fourth-order valence-electron chi connectivity index (χ4n) is 3.31. The first-order valence-electron chi connectivity index (χ1n) is 8.95. The van der Waals surface area contributed by atoms with Crippen LogP contribution in [0.2, 0.25) is 0 Å². The number of benzene rings is 2. The molecule has 0 atom stereocenters. The van der Waals surface area contributed by atoms with E-state index in [9.17, 15) is 14.0 Å². The van der Waals surface area contributed by atoms with Gasteiger partial charge < -0.3 is 15.3 Å². The molecule has 1 aliphatic heterocycles. The van der Waals surface area contributed by atoms with Gasteiger partial charge in [-0.05, 0) is 43.2 Å². The highest BCUT2D eigenvalue weighted by molar-refractivity contribution is 7.21. The molecule has 0 bridgehead atoms. The molecule has 0 aliphatic carbocycles. The lowest BCUT2D eigenvalue weighted by atomic mass is 9.97. The van der Waals surface area contributed by atoms with Crippen LogP contribution >= 0.6 is 11.3 Å². The number of hydrogen-bond donors (Lipinski definition) is 2. The number of carbonyl (C=O) groups excluding carboxylic acids is 1. The highest BCUT2D eigenvalue weighted by Gasteiger charge is 2.27. The Labute approximate surface area is 164 Å². The zero-order valence-electron chi connectivity index (χ0n) is 14.9. The summed E-state index contributed by atoms with van der Waals surface area (Å²) in [4.78, 5) is 29.9. The first-order valence-corrected chi connectivity index (χ1v) is 9.77. The minimum atomic E-state index is -0.822. The van der Waals surface area contributed by atoms with Gasteiger partial charge in [-0.15, -0.1) is 11.3 Å². The van der Waals surface area contributed by atoms with Crippen molar-refractivity contribution in [2.45, 2.75) is 12.8 Å². The van der Waals surface area contributed by atoms with Crippen molar-refractivity contribution in [3.05, 3.63) is 48.3 Å². The van der Waals surface area contributed by atoms with E-state index in [1.54, 1.807) is 4.90 Å². The Balaban J connectivity index is 1.57. The number of rotatable bonds is 3. The number of fused-ring (bicyclic) bond motifs is 1. The van der Waals surface area contributed by atoms with Crippen LogP contribution in [0.1, 0.15) is 12.8 Å². The van der Waals surface area contributed by atoms with E-state index in [1.165, 1.54) is 29.5 Å². The molecule has 1 aliphatic rings. The van der Waals surface area contributed by atoms with Crippen LogP contribution < -0.4 is 5.32 Å². The second kappa shape index (κ2) is 7.55. The highest BCUT2D eigenvalue weighted by Crippen LogP contribution is 2.35. The van der Waals surface area contributed by atoms with Crippen molar-refractivity contribution < 1.29 is 19.1 Å². The van der Waals surface area contributed by atoms with Crippen molar-refractivity contribution in [1.82, 2.24) is 9.88 Å². The fourth-order valence-corrected chi connectivity index (χ4v) is 4.31. The van der Waals surface area contributed by atoms with E-state index in [1.807, 2.05) is 24.3 Å². The summed E-state index contributed by atoms with van der Waals surface area (Å²) in [6.45, 7) is 0.751. The number of amides is 2. The molecule has 28 heavy (non-hydrogen) atoms. The molecule has 1 fully saturated rings. The molecule has 0 spiro atoms. The molecule has 8 heteroatoms. The smallest absolute Gasteiger partial charge is 0.321 e. The van der Waals surface area contributed by atoms with Gasteiger partial charge in [0.1, 0.15) is 10.8 Å². The van der Waals surface area contributed by atoms with Crippen LogP contribution in [-0.2, 0) is 4.79 Å². The maximum absolute atomic E-state index is 13.9. The monoisotopic (exact) mass is 399 g/mol. The zero-order chi connectivity index (χ0) is 19.7. The van der Waals surface area contributed by atoms with Gasteiger partial charge in [-0.1, -0.05) is 12.1 Å². The van der Waals surface area contributed by atoms with E-state index in [0.29, 0.717) is 42.2 Å². The van der Waals surface area contributed by atoms with Crippen molar-refractivity contribution in [2.24, 2.45) is 5.92 Å². The molecule has 2 amide bonds. The van der Waals surface area contributed by atoms with E-state index < -0.39 is 17.7 Å². The Hall–Kier alpha value is -3.00. The summed E-state index contributed by atoms with van der Waals surface area (Å²) < 4.78 is 14.9. The van der Waals surface area contributed by atoms with Gasteiger partial charge in [-0.3, -0.25) is 4.79 Å². The summed E-state index contributed by atoms with van der Waals surface area (Å²) in [6, 6.07) is 11.5.